The van der Waals surface area contributed by atoms with E-state index in [1.165, 1.54) is 24.3 Å². The van der Waals surface area contributed by atoms with E-state index >= 15 is 0 Å². The first-order valence-electron chi connectivity index (χ1n) is 10.5. The Kier molecular flexibility index (Phi) is 6.45. The molecule has 1 aromatic rings. The lowest BCUT2D eigenvalue weighted by molar-refractivity contribution is -0.258. The van der Waals surface area contributed by atoms with Crippen LogP contribution in [0.15, 0.2) is 24.3 Å². The standard InChI is InChI=1S/C22H29F3N2O3/c1-21(30,22(23,24)25)16-7-5-15(6-8-16)20(29)27(18-11-12-18)17-9-2-14(3-10-17)4-13-19(26)28/h5-8,14,17-18,30H,2-4,9-13H2,1H3,(H2,26,28)/t14-,17+,21-/m0/s1. The lowest BCUT2D eigenvalue weighted by atomic mass is 9.82. The Morgan fingerprint density at radius 1 is 1.03 bits per heavy atom. The highest BCUT2D eigenvalue weighted by Crippen LogP contribution is 2.40. The number of hydrogen-bond acceptors (Lipinski definition) is 3. The summed E-state index contributed by atoms with van der Waals surface area (Å²) in [5, 5.41) is 9.82. The number of carbonyl (C=O) groups excluding carboxylic acids is 2. The summed E-state index contributed by atoms with van der Waals surface area (Å²) >= 11 is 0. The first kappa shape index (κ1) is 22.6. The van der Waals surface area contributed by atoms with E-state index in [1.807, 2.05) is 4.90 Å². The minimum absolute atomic E-state index is 0.104. The quantitative estimate of drug-likeness (QED) is 0.694. The number of nitrogens with zero attached hydrogens (tertiary/aromatic N) is 1. The molecule has 2 aliphatic carbocycles. The molecule has 2 saturated carbocycles. The molecule has 2 aliphatic rings. The Morgan fingerprint density at radius 2 is 1.53 bits per heavy atom. The van der Waals surface area contributed by atoms with Crippen LogP contribution in [0, 0.1) is 5.92 Å². The van der Waals surface area contributed by atoms with Crippen molar-refractivity contribution in [3.05, 3.63) is 35.4 Å². The van der Waals surface area contributed by atoms with Gasteiger partial charge >= 0.3 is 6.18 Å². The van der Waals surface area contributed by atoms with E-state index in [1.54, 1.807) is 0 Å². The van der Waals surface area contributed by atoms with Crippen molar-refractivity contribution in [1.82, 2.24) is 4.90 Å². The number of hydrogen-bond donors (Lipinski definition) is 2. The molecule has 0 unspecified atom stereocenters. The van der Waals surface area contributed by atoms with Gasteiger partial charge in [-0.2, -0.15) is 13.2 Å². The van der Waals surface area contributed by atoms with Crippen LogP contribution < -0.4 is 5.73 Å². The van der Waals surface area contributed by atoms with E-state index < -0.39 is 11.8 Å². The minimum atomic E-state index is -4.80. The molecule has 2 amide bonds. The van der Waals surface area contributed by atoms with Gasteiger partial charge in [0.25, 0.3) is 5.91 Å². The van der Waals surface area contributed by atoms with Gasteiger partial charge in [-0.3, -0.25) is 9.59 Å². The van der Waals surface area contributed by atoms with Crippen molar-refractivity contribution in [1.29, 1.82) is 0 Å². The molecule has 8 heteroatoms. The molecule has 1 aromatic carbocycles. The second-order valence-corrected chi connectivity index (χ2v) is 8.77. The van der Waals surface area contributed by atoms with Crippen molar-refractivity contribution in [2.24, 2.45) is 11.7 Å². The lowest BCUT2D eigenvalue weighted by Crippen LogP contribution is -2.44. The summed E-state index contributed by atoms with van der Waals surface area (Å²) in [6, 6.07) is 5.37. The molecule has 2 fully saturated rings. The van der Waals surface area contributed by atoms with Crippen molar-refractivity contribution in [3.8, 4) is 0 Å². The number of rotatable bonds is 7. The predicted molar refractivity (Wildman–Crippen MR) is 105 cm³/mol. The monoisotopic (exact) mass is 426 g/mol. The Balaban J connectivity index is 1.67. The van der Waals surface area contributed by atoms with Gasteiger partial charge in [0.1, 0.15) is 0 Å². The molecule has 0 radical (unpaired) electrons. The Hall–Kier alpha value is -2.09. The summed E-state index contributed by atoms with van der Waals surface area (Å²) in [6.45, 7) is 0.705. The number of alkyl halides is 3. The fourth-order valence-corrected chi connectivity index (χ4v) is 4.29. The lowest BCUT2D eigenvalue weighted by Gasteiger charge is -2.37. The van der Waals surface area contributed by atoms with Crippen molar-refractivity contribution >= 4 is 11.8 Å². The van der Waals surface area contributed by atoms with Crippen LogP contribution in [0.4, 0.5) is 13.2 Å². The molecule has 0 bridgehead atoms. The summed E-state index contributed by atoms with van der Waals surface area (Å²) in [6.07, 6.45) is 1.81. The van der Waals surface area contributed by atoms with Gasteiger partial charge in [-0.15, -0.1) is 0 Å². The Morgan fingerprint density at radius 3 is 1.97 bits per heavy atom. The van der Waals surface area contributed by atoms with Gasteiger partial charge in [-0.1, -0.05) is 12.1 Å². The van der Waals surface area contributed by atoms with E-state index in [4.69, 9.17) is 5.73 Å². The molecular formula is C22H29F3N2O3. The zero-order chi connectivity index (χ0) is 22.1. The highest BCUT2D eigenvalue weighted by Gasteiger charge is 2.51. The van der Waals surface area contributed by atoms with Crippen molar-refractivity contribution in [2.45, 2.75) is 82.2 Å². The zero-order valence-corrected chi connectivity index (χ0v) is 17.1. The highest BCUT2D eigenvalue weighted by atomic mass is 19.4. The van der Waals surface area contributed by atoms with Gasteiger partial charge < -0.3 is 15.7 Å². The van der Waals surface area contributed by atoms with E-state index in [9.17, 15) is 27.9 Å². The molecule has 0 aromatic heterocycles. The highest BCUT2D eigenvalue weighted by molar-refractivity contribution is 5.95. The van der Waals surface area contributed by atoms with Gasteiger partial charge in [0, 0.05) is 24.1 Å². The van der Waals surface area contributed by atoms with Crippen molar-refractivity contribution < 1.29 is 27.9 Å². The third kappa shape index (κ3) is 4.96. The van der Waals surface area contributed by atoms with Gasteiger partial charge in [0.2, 0.25) is 5.91 Å². The molecule has 0 heterocycles. The third-order valence-electron chi connectivity index (χ3n) is 6.43. The summed E-state index contributed by atoms with van der Waals surface area (Å²) in [7, 11) is 0. The average Bonchev–Trinajstić information content (AvgIpc) is 3.51. The maximum absolute atomic E-state index is 13.2. The number of nitrogens with two attached hydrogens (primary N) is 1. The summed E-state index contributed by atoms with van der Waals surface area (Å²) < 4.78 is 39.1. The molecule has 3 N–H and O–H groups in total. The first-order chi connectivity index (χ1) is 14.0. The number of aliphatic hydroxyl groups is 1. The number of halogens is 3. The number of carbonyl (C=O) groups is 2. The number of primary amides is 1. The first-order valence-corrected chi connectivity index (χ1v) is 10.5. The van der Waals surface area contributed by atoms with Crippen LogP contribution in [-0.2, 0) is 10.4 Å². The average molecular weight is 426 g/mol. The van der Waals surface area contributed by atoms with Crippen molar-refractivity contribution in [2.75, 3.05) is 0 Å². The minimum Gasteiger partial charge on any atom is -0.376 e. The molecule has 5 nitrogen and oxygen atoms in total. The van der Waals surface area contributed by atoms with Gasteiger partial charge in [-0.05, 0) is 75.5 Å². The van der Waals surface area contributed by atoms with E-state index in [0.717, 1.165) is 44.9 Å². The predicted octanol–water partition coefficient (Wildman–Crippen LogP) is 3.89. The molecular weight excluding hydrogens is 397 g/mol. The zero-order valence-electron chi connectivity index (χ0n) is 17.1. The molecule has 0 saturated heterocycles. The van der Waals surface area contributed by atoms with E-state index in [-0.39, 0.29) is 29.5 Å². The third-order valence-corrected chi connectivity index (χ3v) is 6.43. The molecule has 166 valence electrons. The van der Waals surface area contributed by atoms with Crippen LogP contribution >= 0.6 is 0 Å². The summed E-state index contributed by atoms with van der Waals surface area (Å²) in [5.74, 6) is -0.0232. The fourth-order valence-electron chi connectivity index (χ4n) is 4.29. The maximum Gasteiger partial charge on any atom is 0.421 e. The molecule has 30 heavy (non-hydrogen) atoms. The van der Waals surface area contributed by atoms with Gasteiger partial charge in [0.05, 0.1) is 0 Å². The second-order valence-electron chi connectivity index (χ2n) is 8.77. The maximum atomic E-state index is 13.2. The summed E-state index contributed by atoms with van der Waals surface area (Å²) in [4.78, 5) is 26.1. The smallest absolute Gasteiger partial charge is 0.376 e. The summed E-state index contributed by atoms with van der Waals surface area (Å²) in [5.41, 5.74) is 2.31. The topological polar surface area (TPSA) is 83.6 Å². The number of benzene rings is 1. The van der Waals surface area contributed by atoms with E-state index in [0.29, 0.717) is 24.8 Å². The SMILES string of the molecule is C[C@](O)(c1ccc(C(=O)N(C2CC2)[C@H]2CC[C@@H](CCC(N)=O)CC2)cc1)C(F)(F)F. The van der Waals surface area contributed by atoms with Crippen LogP contribution in [0.25, 0.3) is 0 Å². The normalized spacial score (nSPS) is 24.2. The largest absolute Gasteiger partial charge is 0.421 e. The van der Waals surface area contributed by atoms with Crippen LogP contribution in [0.2, 0.25) is 0 Å². The second kappa shape index (κ2) is 8.57. The fraction of sp³-hybridized carbons (Fsp3) is 0.636. The van der Waals surface area contributed by atoms with Gasteiger partial charge in [-0.25, -0.2) is 0 Å². The number of amides is 2. The molecule has 1 atom stereocenters. The van der Waals surface area contributed by atoms with Crippen LogP contribution in [0.5, 0.6) is 0 Å². The van der Waals surface area contributed by atoms with Crippen LogP contribution in [0.3, 0.4) is 0 Å². The molecule has 3 rings (SSSR count). The van der Waals surface area contributed by atoms with Crippen molar-refractivity contribution in [3.63, 3.8) is 0 Å². The Labute approximate surface area is 174 Å². The van der Waals surface area contributed by atoms with Crippen LogP contribution in [0.1, 0.15) is 74.2 Å². The van der Waals surface area contributed by atoms with E-state index in [2.05, 4.69) is 0 Å². The van der Waals surface area contributed by atoms with Gasteiger partial charge in [0.15, 0.2) is 5.60 Å². The molecule has 0 aliphatic heterocycles. The Bertz CT molecular complexity index is 765. The van der Waals surface area contributed by atoms with Crippen LogP contribution in [-0.4, -0.2) is 40.1 Å². The molecule has 0 spiro atoms.